The molecule has 0 aliphatic carbocycles. The van der Waals surface area contributed by atoms with E-state index >= 15 is 0 Å². The number of nitrogens with zero attached hydrogens (tertiary/aromatic N) is 2. The smallest absolute Gasteiger partial charge is 0.161 e. The monoisotopic (exact) mass is 218 g/mol. The minimum atomic E-state index is 0.0682. The minimum Gasteiger partial charge on any atom is -0.383 e. The second-order valence-electron chi connectivity index (χ2n) is 4.20. The Morgan fingerprint density at radius 2 is 1.75 bits per heavy atom. The number of hydrogen-bond donors (Lipinski definition) is 0. The summed E-state index contributed by atoms with van der Waals surface area (Å²) in [5.41, 5.74) is 3.52. The van der Waals surface area contributed by atoms with E-state index < -0.39 is 0 Å². The highest BCUT2D eigenvalue weighted by molar-refractivity contribution is 6.19. The first-order valence-corrected chi connectivity index (χ1v) is 5.25. The number of pyridine rings is 1. The Hall–Kier alpha value is -1.64. The van der Waals surface area contributed by atoms with Crippen molar-refractivity contribution in [3.8, 4) is 0 Å². The van der Waals surface area contributed by atoms with Crippen molar-refractivity contribution in [3.05, 3.63) is 35.3 Å². The summed E-state index contributed by atoms with van der Waals surface area (Å²) in [4.78, 5) is 17.8. The molecular formula is C13H18N2O. The van der Waals surface area contributed by atoms with Crippen molar-refractivity contribution in [1.29, 1.82) is 0 Å². The highest BCUT2D eigenvalue weighted by atomic mass is 16.1. The predicted molar refractivity (Wildman–Crippen MR) is 66.1 cm³/mol. The summed E-state index contributed by atoms with van der Waals surface area (Å²) in [7, 11) is 3.81. The third kappa shape index (κ3) is 3.19. The van der Waals surface area contributed by atoms with E-state index in [-0.39, 0.29) is 5.78 Å². The molecule has 0 amide bonds. The Labute approximate surface area is 96.8 Å². The van der Waals surface area contributed by atoms with Crippen molar-refractivity contribution in [3.63, 3.8) is 0 Å². The number of carbonyl (C=O) groups excluding carboxylic acids is 1. The first kappa shape index (κ1) is 12.4. The molecule has 0 aliphatic rings. The van der Waals surface area contributed by atoms with Gasteiger partial charge in [0.1, 0.15) is 0 Å². The van der Waals surface area contributed by atoms with Gasteiger partial charge in [0, 0.05) is 37.3 Å². The van der Waals surface area contributed by atoms with E-state index in [0.29, 0.717) is 0 Å². The largest absolute Gasteiger partial charge is 0.383 e. The molecule has 0 unspecified atom stereocenters. The zero-order chi connectivity index (χ0) is 12.3. The molecule has 1 aromatic heterocycles. The lowest BCUT2D eigenvalue weighted by Crippen LogP contribution is -2.07. The van der Waals surface area contributed by atoms with Gasteiger partial charge in [-0.3, -0.25) is 9.78 Å². The lowest BCUT2D eigenvalue weighted by atomic mass is 10.0. The molecule has 1 aromatic rings. The molecule has 0 aliphatic heterocycles. The van der Waals surface area contributed by atoms with Gasteiger partial charge in [0.25, 0.3) is 0 Å². The van der Waals surface area contributed by atoms with Gasteiger partial charge in [0.15, 0.2) is 5.78 Å². The second-order valence-corrected chi connectivity index (χ2v) is 4.20. The van der Waals surface area contributed by atoms with Crippen molar-refractivity contribution in [2.24, 2.45) is 0 Å². The lowest BCUT2D eigenvalue weighted by molar-refractivity contribution is -0.111. The lowest BCUT2D eigenvalue weighted by Gasteiger charge is -2.11. The fraction of sp³-hybridized carbons (Fsp3) is 0.385. The molecule has 3 nitrogen and oxygen atoms in total. The summed E-state index contributed by atoms with van der Waals surface area (Å²) in [5, 5.41) is 0. The summed E-state index contributed by atoms with van der Waals surface area (Å²) in [6.45, 7) is 5.45. The van der Waals surface area contributed by atoms with Crippen LogP contribution in [0.4, 0.5) is 0 Å². The van der Waals surface area contributed by atoms with Crippen molar-refractivity contribution in [2.45, 2.75) is 20.8 Å². The number of Topliss-reactive ketones (excluding diaryl/α,β-unsaturated/α-hetero) is 1. The average molecular weight is 218 g/mol. The number of allylic oxidation sites excluding steroid dienone is 1. The molecule has 3 heteroatoms. The third-order valence-corrected chi connectivity index (χ3v) is 2.16. The van der Waals surface area contributed by atoms with E-state index in [9.17, 15) is 4.79 Å². The molecule has 86 valence electrons. The minimum absolute atomic E-state index is 0.0682. The zero-order valence-corrected chi connectivity index (χ0v) is 10.5. The number of carbonyl (C=O) groups is 1. The maximum atomic E-state index is 11.6. The van der Waals surface area contributed by atoms with Gasteiger partial charge >= 0.3 is 0 Å². The summed E-state index contributed by atoms with van der Waals surface area (Å²) < 4.78 is 0. The Morgan fingerprint density at radius 3 is 2.12 bits per heavy atom. The fourth-order valence-electron chi connectivity index (χ4n) is 1.62. The van der Waals surface area contributed by atoms with Crippen molar-refractivity contribution in [2.75, 3.05) is 14.1 Å². The normalized spacial score (nSPS) is 11.4. The van der Waals surface area contributed by atoms with E-state index in [1.165, 1.54) is 0 Å². The fourth-order valence-corrected chi connectivity index (χ4v) is 1.62. The van der Waals surface area contributed by atoms with Crippen LogP contribution in [0, 0.1) is 13.8 Å². The van der Waals surface area contributed by atoms with E-state index in [4.69, 9.17) is 0 Å². The Bertz CT molecular complexity index is 413. The van der Waals surface area contributed by atoms with Gasteiger partial charge in [-0.15, -0.1) is 0 Å². The Kier molecular flexibility index (Phi) is 3.82. The summed E-state index contributed by atoms with van der Waals surface area (Å²) in [6.07, 6.45) is 1.84. The number of aromatic nitrogens is 1. The Morgan fingerprint density at radius 1 is 1.25 bits per heavy atom. The predicted octanol–water partition coefficient (Wildman–Crippen LogP) is 2.19. The second kappa shape index (κ2) is 4.92. The number of ketones is 1. The van der Waals surface area contributed by atoms with Gasteiger partial charge in [-0.1, -0.05) is 0 Å². The van der Waals surface area contributed by atoms with Crippen molar-refractivity contribution in [1.82, 2.24) is 9.88 Å². The first-order valence-electron chi connectivity index (χ1n) is 5.25. The molecule has 0 aromatic carbocycles. The van der Waals surface area contributed by atoms with Crippen LogP contribution in [0.2, 0.25) is 0 Å². The van der Waals surface area contributed by atoms with Gasteiger partial charge in [-0.2, -0.15) is 0 Å². The highest BCUT2D eigenvalue weighted by Crippen LogP contribution is 2.17. The van der Waals surface area contributed by atoms with Crippen LogP contribution in [0.15, 0.2) is 18.3 Å². The van der Waals surface area contributed by atoms with Crippen LogP contribution in [0.1, 0.15) is 23.9 Å². The number of hydrogen-bond acceptors (Lipinski definition) is 3. The standard InChI is InChI=1S/C13H18N2O/c1-9-6-12(7-10(2)14-9)13(11(3)16)8-15(4)5/h6-8H,1-5H3/b13-8+. The van der Waals surface area contributed by atoms with Crippen LogP contribution in [-0.2, 0) is 4.79 Å². The molecule has 0 bridgehead atoms. The highest BCUT2D eigenvalue weighted by Gasteiger charge is 2.09. The molecule has 0 saturated heterocycles. The Balaban J connectivity index is 3.27. The molecule has 0 spiro atoms. The summed E-state index contributed by atoms with van der Waals surface area (Å²) in [6, 6.07) is 3.87. The molecule has 1 heterocycles. The van der Waals surface area contributed by atoms with Crippen LogP contribution >= 0.6 is 0 Å². The number of aryl methyl sites for hydroxylation is 2. The third-order valence-electron chi connectivity index (χ3n) is 2.16. The topological polar surface area (TPSA) is 33.2 Å². The van der Waals surface area contributed by atoms with E-state index in [1.54, 1.807) is 6.92 Å². The summed E-state index contributed by atoms with van der Waals surface area (Å²) >= 11 is 0. The van der Waals surface area contributed by atoms with Crippen LogP contribution in [0.5, 0.6) is 0 Å². The van der Waals surface area contributed by atoms with Gasteiger partial charge < -0.3 is 4.90 Å². The van der Waals surface area contributed by atoms with E-state index in [2.05, 4.69) is 4.98 Å². The van der Waals surface area contributed by atoms with Gasteiger partial charge in [0.05, 0.1) is 0 Å². The average Bonchev–Trinajstić information content (AvgIpc) is 2.11. The SMILES string of the molecule is CC(=O)/C(=C\N(C)C)c1cc(C)nc(C)c1. The molecule has 0 fully saturated rings. The molecule has 16 heavy (non-hydrogen) atoms. The van der Waals surface area contributed by atoms with Gasteiger partial charge in [-0.05, 0) is 38.5 Å². The molecule has 0 atom stereocenters. The molecular weight excluding hydrogens is 200 g/mol. The van der Waals surface area contributed by atoms with Gasteiger partial charge in [0.2, 0.25) is 0 Å². The molecule has 0 N–H and O–H groups in total. The van der Waals surface area contributed by atoms with Crippen molar-refractivity contribution < 1.29 is 4.79 Å². The molecule has 1 rings (SSSR count). The quantitative estimate of drug-likeness (QED) is 0.729. The van der Waals surface area contributed by atoms with Crippen LogP contribution in [0.3, 0.4) is 0 Å². The molecule has 0 radical (unpaired) electrons. The van der Waals surface area contributed by atoms with Crippen LogP contribution in [-0.4, -0.2) is 29.8 Å². The van der Waals surface area contributed by atoms with Gasteiger partial charge in [-0.25, -0.2) is 0 Å². The number of rotatable bonds is 3. The zero-order valence-electron chi connectivity index (χ0n) is 10.5. The van der Waals surface area contributed by atoms with E-state index in [1.807, 2.05) is 51.2 Å². The van der Waals surface area contributed by atoms with Crippen LogP contribution < -0.4 is 0 Å². The molecule has 0 saturated carbocycles. The summed E-state index contributed by atoms with van der Waals surface area (Å²) in [5.74, 6) is 0.0682. The van der Waals surface area contributed by atoms with Crippen molar-refractivity contribution >= 4 is 11.4 Å². The van der Waals surface area contributed by atoms with E-state index in [0.717, 1.165) is 22.5 Å². The first-order chi connectivity index (χ1) is 7.40. The van der Waals surface area contributed by atoms with Crippen LogP contribution in [0.25, 0.3) is 5.57 Å². The maximum Gasteiger partial charge on any atom is 0.161 e. The maximum absolute atomic E-state index is 11.6.